The standard InChI is InChI=1S/C15H28N4O6S/c1-8(2)12(15(24)25)19-11(21)6-17-14(23)10(4-5-26-3)18-13(22)9(16)7-20/h8-10,12,20H,4-7,16H2,1-3H3,(H,17,23)(H,18,22)(H,19,21)(H,24,25). The normalized spacial score (nSPS) is 14.2. The fourth-order valence-electron chi connectivity index (χ4n) is 1.89. The van der Waals surface area contributed by atoms with E-state index in [0.29, 0.717) is 12.2 Å². The van der Waals surface area contributed by atoms with Gasteiger partial charge in [-0.15, -0.1) is 0 Å². The highest BCUT2D eigenvalue weighted by Gasteiger charge is 2.26. The molecule has 11 heteroatoms. The summed E-state index contributed by atoms with van der Waals surface area (Å²) in [7, 11) is 0. The van der Waals surface area contributed by atoms with Gasteiger partial charge in [-0.05, 0) is 24.3 Å². The molecule has 10 nitrogen and oxygen atoms in total. The first kappa shape index (κ1) is 24.1. The van der Waals surface area contributed by atoms with Crippen molar-refractivity contribution in [1.29, 1.82) is 0 Å². The molecule has 0 heterocycles. The highest BCUT2D eigenvalue weighted by Crippen LogP contribution is 2.03. The summed E-state index contributed by atoms with van der Waals surface area (Å²) in [6, 6.07) is -3.13. The molecular formula is C15H28N4O6S. The average molecular weight is 392 g/mol. The number of aliphatic hydroxyl groups excluding tert-OH is 1. The van der Waals surface area contributed by atoms with Crippen molar-refractivity contribution in [2.24, 2.45) is 11.7 Å². The molecule has 0 aromatic rings. The number of hydrogen-bond acceptors (Lipinski definition) is 7. The van der Waals surface area contributed by atoms with Gasteiger partial charge in [0.15, 0.2) is 0 Å². The van der Waals surface area contributed by atoms with E-state index in [1.165, 1.54) is 11.8 Å². The SMILES string of the molecule is CSCCC(NC(=O)C(N)CO)C(=O)NCC(=O)NC(C(=O)O)C(C)C. The summed E-state index contributed by atoms with van der Waals surface area (Å²) in [5, 5.41) is 25.1. The van der Waals surface area contributed by atoms with E-state index >= 15 is 0 Å². The predicted octanol–water partition coefficient (Wildman–Crippen LogP) is -2.11. The van der Waals surface area contributed by atoms with Crippen molar-refractivity contribution in [1.82, 2.24) is 16.0 Å². The molecule has 0 spiro atoms. The number of carbonyl (C=O) groups excluding carboxylic acids is 3. The largest absolute Gasteiger partial charge is 0.480 e. The lowest BCUT2D eigenvalue weighted by molar-refractivity contribution is -0.143. The van der Waals surface area contributed by atoms with Crippen LogP contribution in [0.5, 0.6) is 0 Å². The van der Waals surface area contributed by atoms with Crippen LogP contribution in [0.3, 0.4) is 0 Å². The van der Waals surface area contributed by atoms with Gasteiger partial charge in [0.1, 0.15) is 18.1 Å². The molecule has 0 radical (unpaired) electrons. The highest BCUT2D eigenvalue weighted by atomic mass is 32.2. The van der Waals surface area contributed by atoms with Gasteiger partial charge in [0.2, 0.25) is 17.7 Å². The highest BCUT2D eigenvalue weighted by molar-refractivity contribution is 7.98. The number of nitrogens with two attached hydrogens (primary N) is 1. The molecule has 3 amide bonds. The van der Waals surface area contributed by atoms with Crippen LogP contribution in [0.1, 0.15) is 20.3 Å². The van der Waals surface area contributed by atoms with E-state index in [1.807, 2.05) is 6.26 Å². The molecule has 150 valence electrons. The molecule has 0 fully saturated rings. The van der Waals surface area contributed by atoms with Gasteiger partial charge in [0, 0.05) is 0 Å². The molecule has 0 saturated heterocycles. The number of aliphatic carboxylic acids is 1. The molecule has 0 aromatic heterocycles. The fraction of sp³-hybridized carbons (Fsp3) is 0.733. The molecule has 3 atom stereocenters. The Balaban J connectivity index is 4.70. The van der Waals surface area contributed by atoms with Crippen molar-refractivity contribution < 1.29 is 29.4 Å². The number of nitrogens with one attached hydrogen (secondary N) is 3. The summed E-state index contributed by atoms with van der Waals surface area (Å²) in [6.07, 6.45) is 2.14. The lowest BCUT2D eigenvalue weighted by Gasteiger charge is -2.21. The Labute approximate surface area is 156 Å². The minimum absolute atomic E-state index is 0.308. The summed E-state index contributed by atoms with van der Waals surface area (Å²) in [5.74, 6) is -2.83. The quantitative estimate of drug-likeness (QED) is 0.219. The van der Waals surface area contributed by atoms with Gasteiger partial charge in [0.25, 0.3) is 0 Å². The van der Waals surface area contributed by atoms with Crippen LogP contribution in [0.2, 0.25) is 0 Å². The third-order valence-corrected chi connectivity index (χ3v) is 4.09. The minimum Gasteiger partial charge on any atom is -0.480 e. The number of rotatable bonds is 12. The lowest BCUT2D eigenvalue weighted by atomic mass is 10.1. The molecule has 0 aromatic carbocycles. The lowest BCUT2D eigenvalue weighted by Crippen LogP contribution is -2.54. The number of carboxylic acids is 1. The van der Waals surface area contributed by atoms with Crippen molar-refractivity contribution in [3.63, 3.8) is 0 Å². The number of carbonyl (C=O) groups is 4. The van der Waals surface area contributed by atoms with Crippen LogP contribution in [-0.4, -0.2) is 77.2 Å². The summed E-state index contributed by atoms with van der Waals surface area (Å²) in [6.45, 7) is 2.32. The molecule has 3 unspecified atom stereocenters. The minimum atomic E-state index is -1.16. The average Bonchev–Trinajstić information content (AvgIpc) is 2.59. The van der Waals surface area contributed by atoms with Gasteiger partial charge in [-0.1, -0.05) is 13.8 Å². The Bertz CT molecular complexity index is 503. The number of aliphatic hydroxyl groups is 1. The van der Waals surface area contributed by atoms with Gasteiger partial charge in [-0.25, -0.2) is 4.79 Å². The summed E-state index contributed by atoms with van der Waals surface area (Å²) < 4.78 is 0. The second kappa shape index (κ2) is 12.5. The first-order valence-corrected chi connectivity index (χ1v) is 9.49. The van der Waals surface area contributed by atoms with Crippen LogP contribution in [-0.2, 0) is 19.2 Å². The van der Waals surface area contributed by atoms with Crippen LogP contribution in [0.25, 0.3) is 0 Å². The molecule has 0 rings (SSSR count). The van der Waals surface area contributed by atoms with Gasteiger partial charge in [-0.3, -0.25) is 14.4 Å². The molecule has 0 saturated carbocycles. The van der Waals surface area contributed by atoms with E-state index in [-0.39, 0.29) is 5.92 Å². The van der Waals surface area contributed by atoms with Gasteiger partial charge in [0.05, 0.1) is 13.2 Å². The Morgan fingerprint density at radius 3 is 2.19 bits per heavy atom. The maximum atomic E-state index is 12.2. The van der Waals surface area contributed by atoms with Gasteiger partial charge in [-0.2, -0.15) is 11.8 Å². The van der Waals surface area contributed by atoms with Crippen LogP contribution in [0.4, 0.5) is 0 Å². The topological polar surface area (TPSA) is 171 Å². The Hall–Kier alpha value is -1.85. The third kappa shape index (κ3) is 9.02. The monoisotopic (exact) mass is 392 g/mol. The molecule has 0 bridgehead atoms. The zero-order chi connectivity index (χ0) is 20.3. The Morgan fingerprint density at radius 2 is 1.73 bits per heavy atom. The van der Waals surface area contributed by atoms with E-state index < -0.39 is 55.0 Å². The van der Waals surface area contributed by atoms with Crippen molar-refractivity contribution in [2.75, 3.05) is 25.2 Å². The van der Waals surface area contributed by atoms with Crippen molar-refractivity contribution in [2.45, 2.75) is 38.4 Å². The molecule has 7 N–H and O–H groups in total. The Kier molecular flexibility index (Phi) is 11.6. The zero-order valence-corrected chi connectivity index (χ0v) is 16.0. The number of carboxylic acid groups (broad SMARTS) is 1. The first-order chi connectivity index (χ1) is 12.1. The van der Waals surface area contributed by atoms with Crippen molar-refractivity contribution in [3.8, 4) is 0 Å². The zero-order valence-electron chi connectivity index (χ0n) is 15.2. The molecule has 0 aliphatic carbocycles. The van der Waals surface area contributed by atoms with Crippen LogP contribution in [0, 0.1) is 5.92 Å². The second-order valence-corrected chi connectivity index (χ2v) is 6.96. The summed E-state index contributed by atoms with van der Waals surface area (Å²) in [4.78, 5) is 46.9. The number of hydrogen-bond donors (Lipinski definition) is 6. The predicted molar refractivity (Wildman–Crippen MR) is 97.4 cm³/mol. The van der Waals surface area contributed by atoms with Crippen molar-refractivity contribution >= 4 is 35.5 Å². The van der Waals surface area contributed by atoms with E-state index in [4.69, 9.17) is 15.9 Å². The van der Waals surface area contributed by atoms with Crippen LogP contribution >= 0.6 is 11.8 Å². The molecule has 0 aliphatic rings. The molecule has 0 aliphatic heterocycles. The number of thioether (sulfide) groups is 1. The van der Waals surface area contributed by atoms with Crippen LogP contribution in [0.15, 0.2) is 0 Å². The maximum absolute atomic E-state index is 12.2. The van der Waals surface area contributed by atoms with Crippen LogP contribution < -0.4 is 21.7 Å². The van der Waals surface area contributed by atoms with Crippen molar-refractivity contribution in [3.05, 3.63) is 0 Å². The van der Waals surface area contributed by atoms with E-state index in [2.05, 4.69) is 16.0 Å². The van der Waals surface area contributed by atoms with Gasteiger partial charge < -0.3 is 31.9 Å². The smallest absolute Gasteiger partial charge is 0.326 e. The molecular weight excluding hydrogens is 364 g/mol. The van der Waals surface area contributed by atoms with Gasteiger partial charge >= 0.3 is 5.97 Å². The molecule has 26 heavy (non-hydrogen) atoms. The maximum Gasteiger partial charge on any atom is 0.326 e. The fourth-order valence-corrected chi connectivity index (χ4v) is 2.37. The Morgan fingerprint density at radius 1 is 1.12 bits per heavy atom. The van der Waals surface area contributed by atoms with E-state index in [0.717, 1.165) is 0 Å². The summed E-state index contributed by atoms with van der Waals surface area (Å²) in [5.41, 5.74) is 5.41. The van der Waals surface area contributed by atoms with E-state index in [9.17, 15) is 19.2 Å². The van der Waals surface area contributed by atoms with E-state index in [1.54, 1.807) is 13.8 Å². The second-order valence-electron chi connectivity index (χ2n) is 5.98. The third-order valence-electron chi connectivity index (χ3n) is 3.45. The number of amides is 3. The summed E-state index contributed by atoms with van der Waals surface area (Å²) >= 11 is 1.47. The first-order valence-electron chi connectivity index (χ1n) is 8.09.